The third-order valence-corrected chi connectivity index (χ3v) is 6.25. The van der Waals surface area contributed by atoms with Crippen LogP contribution in [0, 0.1) is 17.8 Å². The van der Waals surface area contributed by atoms with E-state index in [-0.39, 0.29) is 24.6 Å². The summed E-state index contributed by atoms with van der Waals surface area (Å²) >= 11 is 0. The van der Waals surface area contributed by atoms with Gasteiger partial charge in [-0.1, -0.05) is 0 Å². The Morgan fingerprint density at radius 3 is 2.27 bits per heavy atom. The van der Waals surface area contributed by atoms with Crippen LogP contribution >= 0.6 is 0 Å². The molecule has 0 aliphatic heterocycles. The normalized spacial score (nSPS) is 32.5. The molecular formula is C21H27FN2O2. The van der Waals surface area contributed by atoms with Gasteiger partial charge in [-0.3, -0.25) is 4.79 Å². The van der Waals surface area contributed by atoms with Crippen LogP contribution in [-0.2, 0) is 0 Å². The van der Waals surface area contributed by atoms with Crippen molar-refractivity contribution in [1.82, 2.24) is 5.32 Å². The van der Waals surface area contributed by atoms with Gasteiger partial charge in [0.15, 0.2) is 0 Å². The molecule has 0 spiro atoms. The minimum atomic E-state index is -0.392. The second kappa shape index (κ2) is 7.03. The second-order valence-electron chi connectivity index (χ2n) is 8.35. The summed E-state index contributed by atoms with van der Waals surface area (Å²) in [5.41, 5.74) is 5.90. The van der Waals surface area contributed by atoms with E-state index in [0.717, 1.165) is 37.0 Å². The summed E-state index contributed by atoms with van der Waals surface area (Å²) in [6.07, 6.45) is 8.77. The van der Waals surface area contributed by atoms with Crippen molar-refractivity contribution in [3.8, 4) is 5.75 Å². The zero-order valence-electron chi connectivity index (χ0n) is 15.0. The minimum Gasteiger partial charge on any atom is -0.487 e. The van der Waals surface area contributed by atoms with Crippen LogP contribution in [0.25, 0.3) is 0 Å². The van der Waals surface area contributed by atoms with Crippen molar-refractivity contribution in [3.63, 3.8) is 0 Å². The lowest BCUT2D eigenvalue weighted by Crippen LogP contribution is -2.59. The van der Waals surface area contributed by atoms with E-state index in [1.54, 1.807) is 24.3 Å². The predicted octanol–water partition coefficient (Wildman–Crippen LogP) is 3.58. The highest BCUT2D eigenvalue weighted by atomic mass is 19.1. The molecule has 5 rings (SSSR count). The Labute approximate surface area is 154 Å². The molecule has 0 radical (unpaired) electrons. The van der Waals surface area contributed by atoms with Crippen molar-refractivity contribution in [2.45, 2.75) is 44.1 Å². The molecule has 0 aromatic heterocycles. The minimum absolute atomic E-state index is 0.00675. The van der Waals surface area contributed by atoms with Crippen molar-refractivity contribution >= 4 is 5.91 Å². The molecular weight excluding hydrogens is 331 g/mol. The van der Waals surface area contributed by atoms with Crippen molar-refractivity contribution in [2.75, 3.05) is 13.2 Å². The van der Waals surface area contributed by atoms with E-state index < -0.39 is 5.83 Å². The number of carbonyl (C=O) groups is 1. The van der Waals surface area contributed by atoms with E-state index in [1.807, 2.05) is 0 Å². The van der Waals surface area contributed by atoms with Crippen LogP contribution in [0.3, 0.4) is 0 Å². The Hall–Kier alpha value is -1.88. The zero-order chi connectivity index (χ0) is 18.1. The molecule has 4 aliphatic carbocycles. The molecule has 4 nitrogen and oxygen atoms in total. The molecule has 26 heavy (non-hydrogen) atoms. The maximum absolute atomic E-state index is 13.3. The van der Waals surface area contributed by atoms with Crippen LogP contribution in [-0.4, -0.2) is 24.6 Å². The third kappa shape index (κ3) is 3.63. The Kier molecular flexibility index (Phi) is 4.74. The van der Waals surface area contributed by atoms with Gasteiger partial charge in [0.1, 0.15) is 18.2 Å². The van der Waals surface area contributed by atoms with Gasteiger partial charge < -0.3 is 15.8 Å². The fraction of sp³-hybridized carbons (Fsp3) is 0.571. The van der Waals surface area contributed by atoms with Crippen molar-refractivity contribution in [3.05, 3.63) is 41.7 Å². The van der Waals surface area contributed by atoms with E-state index in [1.165, 1.54) is 25.3 Å². The molecule has 1 aromatic carbocycles. The number of benzene rings is 1. The Morgan fingerprint density at radius 2 is 1.73 bits per heavy atom. The van der Waals surface area contributed by atoms with E-state index >= 15 is 0 Å². The molecule has 3 N–H and O–H groups in total. The number of amides is 1. The third-order valence-electron chi connectivity index (χ3n) is 6.25. The highest BCUT2D eigenvalue weighted by Gasteiger charge is 2.51. The van der Waals surface area contributed by atoms with Crippen molar-refractivity contribution in [2.24, 2.45) is 23.5 Å². The Bertz CT molecular complexity index is 663. The summed E-state index contributed by atoms with van der Waals surface area (Å²) < 4.78 is 18.7. The first-order valence-corrected chi connectivity index (χ1v) is 9.65. The fourth-order valence-electron chi connectivity index (χ4n) is 5.62. The number of hydrogen-bond acceptors (Lipinski definition) is 3. The number of nitrogens with two attached hydrogens (primary N) is 1. The molecule has 1 amide bonds. The lowest BCUT2D eigenvalue weighted by atomic mass is 9.53. The van der Waals surface area contributed by atoms with Crippen LogP contribution in [0.4, 0.5) is 4.39 Å². The molecule has 0 saturated heterocycles. The largest absolute Gasteiger partial charge is 0.487 e. The number of ether oxygens (including phenoxy) is 1. The molecule has 4 fully saturated rings. The number of hydrogen-bond donors (Lipinski definition) is 2. The monoisotopic (exact) mass is 358 g/mol. The summed E-state index contributed by atoms with van der Waals surface area (Å²) in [7, 11) is 0. The maximum Gasteiger partial charge on any atom is 0.251 e. The summed E-state index contributed by atoms with van der Waals surface area (Å²) in [4.78, 5) is 12.8. The topological polar surface area (TPSA) is 64.3 Å². The van der Waals surface area contributed by atoms with Gasteiger partial charge >= 0.3 is 0 Å². The number of rotatable bonds is 6. The first-order chi connectivity index (χ1) is 12.5. The molecule has 4 aliphatic rings. The smallest absolute Gasteiger partial charge is 0.251 e. The van der Waals surface area contributed by atoms with Gasteiger partial charge in [0.05, 0.1) is 0 Å². The SMILES string of the molecule is NC/C=C(/F)COc1ccc(C(=O)NC23CC4CC(CC(C4)C2)C3)cc1. The number of nitrogens with one attached hydrogen (secondary N) is 1. The molecule has 0 unspecified atom stereocenters. The molecule has 0 atom stereocenters. The standard InChI is InChI=1S/C21H27FN2O2/c22-18(5-6-23)13-26-19-3-1-17(2-4-19)20(25)24-21-10-14-7-15(11-21)9-16(8-14)12-21/h1-5,14-16H,6-13,23H2,(H,24,25)/b18-5+. The van der Waals surface area contributed by atoms with Gasteiger partial charge in [0.2, 0.25) is 0 Å². The maximum atomic E-state index is 13.3. The lowest BCUT2D eigenvalue weighted by molar-refractivity contribution is -0.0167. The van der Waals surface area contributed by atoms with Gasteiger partial charge in [-0.2, -0.15) is 0 Å². The summed E-state index contributed by atoms with van der Waals surface area (Å²) in [5.74, 6) is 2.54. The Morgan fingerprint density at radius 1 is 1.15 bits per heavy atom. The molecule has 140 valence electrons. The van der Waals surface area contributed by atoms with Gasteiger partial charge in [-0.25, -0.2) is 4.39 Å². The van der Waals surface area contributed by atoms with Crippen LogP contribution in [0.5, 0.6) is 5.75 Å². The van der Waals surface area contributed by atoms with Gasteiger partial charge in [0, 0.05) is 17.6 Å². The predicted molar refractivity (Wildman–Crippen MR) is 98.6 cm³/mol. The van der Waals surface area contributed by atoms with E-state index in [9.17, 15) is 9.18 Å². The van der Waals surface area contributed by atoms with Crippen LogP contribution < -0.4 is 15.8 Å². The summed E-state index contributed by atoms with van der Waals surface area (Å²) in [6, 6.07) is 6.92. The van der Waals surface area contributed by atoms with Crippen LogP contribution in [0.15, 0.2) is 36.2 Å². The van der Waals surface area contributed by atoms with Gasteiger partial charge in [0.25, 0.3) is 5.91 Å². The van der Waals surface area contributed by atoms with E-state index in [2.05, 4.69) is 5.32 Å². The fourth-order valence-corrected chi connectivity index (χ4v) is 5.62. The lowest BCUT2D eigenvalue weighted by Gasteiger charge is -2.56. The molecule has 4 bridgehead atoms. The molecule has 4 saturated carbocycles. The average molecular weight is 358 g/mol. The number of halogens is 1. The van der Waals surface area contributed by atoms with Crippen molar-refractivity contribution in [1.29, 1.82) is 0 Å². The summed E-state index contributed by atoms with van der Waals surface area (Å²) in [6.45, 7) is 0.00857. The number of carbonyl (C=O) groups excluding carboxylic acids is 1. The average Bonchev–Trinajstić information content (AvgIpc) is 2.59. The zero-order valence-corrected chi connectivity index (χ0v) is 15.0. The Balaban J connectivity index is 1.37. The van der Waals surface area contributed by atoms with E-state index in [4.69, 9.17) is 10.5 Å². The van der Waals surface area contributed by atoms with Crippen LogP contribution in [0.1, 0.15) is 48.9 Å². The first kappa shape index (κ1) is 17.5. The molecule has 0 heterocycles. The van der Waals surface area contributed by atoms with Crippen LogP contribution in [0.2, 0.25) is 0 Å². The van der Waals surface area contributed by atoms with Crippen molar-refractivity contribution < 1.29 is 13.9 Å². The summed E-state index contributed by atoms with van der Waals surface area (Å²) in [5, 5.41) is 3.36. The first-order valence-electron chi connectivity index (χ1n) is 9.65. The molecule has 1 aromatic rings. The van der Waals surface area contributed by atoms with E-state index in [0.29, 0.717) is 11.3 Å². The second-order valence-corrected chi connectivity index (χ2v) is 8.35. The van der Waals surface area contributed by atoms with Gasteiger partial charge in [-0.05, 0) is 86.6 Å². The molecule has 5 heteroatoms. The highest BCUT2D eigenvalue weighted by molar-refractivity contribution is 5.94. The van der Waals surface area contributed by atoms with Gasteiger partial charge in [-0.15, -0.1) is 0 Å². The quantitative estimate of drug-likeness (QED) is 0.817. The highest BCUT2D eigenvalue weighted by Crippen LogP contribution is 2.55.